The van der Waals surface area contributed by atoms with E-state index < -0.39 is 5.54 Å². The summed E-state index contributed by atoms with van der Waals surface area (Å²) in [5.41, 5.74) is 5.62. The summed E-state index contributed by atoms with van der Waals surface area (Å²) < 4.78 is 0. The Morgan fingerprint density at radius 3 is 2.30 bits per heavy atom. The normalized spacial score (nSPS) is 28.6. The van der Waals surface area contributed by atoms with E-state index in [1.54, 1.807) is 0 Å². The highest BCUT2D eigenvalue weighted by Crippen LogP contribution is 2.28. The van der Waals surface area contributed by atoms with Crippen molar-refractivity contribution in [3.8, 4) is 0 Å². The minimum absolute atomic E-state index is 0.00540. The second kappa shape index (κ2) is 7.20. The molecule has 1 aliphatic heterocycles. The van der Waals surface area contributed by atoms with Gasteiger partial charge in [-0.15, -0.1) is 0 Å². The quantitative estimate of drug-likeness (QED) is 0.834. The third kappa shape index (κ3) is 3.87. The molecule has 0 spiro atoms. The van der Waals surface area contributed by atoms with Crippen LogP contribution in [0, 0.1) is 5.92 Å². The maximum atomic E-state index is 12.6. The smallest absolute Gasteiger partial charge is 0.240 e. The molecule has 1 atom stereocenters. The van der Waals surface area contributed by atoms with Crippen molar-refractivity contribution in [2.24, 2.45) is 11.7 Å². The number of hydrogen-bond acceptors (Lipinski definition) is 3. The van der Waals surface area contributed by atoms with Crippen LogP contribution in [0.25, 0.3) is 0 Å². The van der Waals surface area contributed by atoms with E-state index in [-0.39, 0.29) is 17.9 Å². The number of hydrogen-bond donors (Lipinski definition) is 2. The molecule has 1 saturated heterocycles. The van der Waals surface area contributed by atoms with Gasteiger partial charge < -0.3 is 16.0 Å². The molecule has 1 unspecified atom stereocenters. The molecule has 23 heavy (non-hydrogen) atoms. The standard InChI is InChI=1S/C18H31N3O2/c19-18(10-5-2-6-11-18)17(23)20-15-9-12-21(13-15)16(22)14-7-3-1-4-8-14/h14-15H,1-13,19H2,(H,20,23). The van der Waals surface area contributed by atoms with Gasteiger partial charge in [0, 0.05) is 25.0 Å². The average Bonchev–Trinajstić information content (AvgIpc) is 3.04. The molecule has 5 heteroatoms. The Morgan fingerprint density at radius 1 is 0.957 bits per heavy atom. The summed E-state index contributed by atoms with van der Waals surface area (Å²) in [7, 11) is 0. The predicted molar refractivity (Wildman–Crippen MR) is 89.7 cm³/mol. The monoisotopic (exact) mass is 321 g/mol. The highest BCUT2D eigenvalue weighted by Gasteiger charge is 2.38. The number of rotatable bonds is 3. The van der Waals surface area contributed by atoms with Gasteiger partial charge in [-0.25, -0.2) is 0 Å². The first-order valence-corrected chi connectivity index (χ1v) is 9.47. The maximum absolute atomic E-state index is 12.6. The van der Waals surface area contributed by atoms with E-state index in [1.807, 2.05) is 4.90 Å². The van der Waals surface area contributed by atoms with E-state index in [2.05, 4.69) is 5.32 Å². The molecule has 0 aromatic rings. The van der Waals surface area contributed by atoms with Gasteiger partial charge in [0.15, 0.2) is 0 Å². The highest BCUT2D eigenvalue weighted by molar-refractivity contribution is 5.86. The maximum Gasteiger partial charge on any atom is 0.240 e. The minimum atomic E-state index is -0.681. The number of nitrogens with zero attached hydrogens (tertiary/aromatic N) is 1. The molecule has 0 aromatic carbocycles. The molecule has 1 heterocycles. The summed E-state index contributed by atoms with van der Waals surface area (Å²) in [4.78, 5) is 27.1. The van der Waals surface area contributed by atoms with E-state index in [4.69, 9.17) is 5.73 Å². The number of carbonyl (C=O) groups excluding carboxylic acids is 2. The van der Waals surface area contributed by atoms with Crippen LogP contribution in [-0.4, -0.2) is 41.4 Å². The zero-order valence-electron chi connectivity index (χ0n) is 14.2. The van der Waals surface area contributed by atoms with Crippen LogP contribution in [0.4, 0.5) is 0 Å². The molecule has 130 valence electrons. The van der Waals surface area contributed by atoms with Crippen LogP contribution in [-0.2, 0) is 9.59 Å². The van der Waals surface area contributed by atoms with Crippen molar-refractivity contribution in [2.75, 3.05) is 13.1 Å². The van der Waals surface area contributed by atoms with Gasteiger partial charge in [0.2, 0.25) is 11.8 Å². The van der Waals surface area contributed by atoms with E-state index >= 15 is 0 Å². The minimum Gasteiger partial charge on any atom is -0.350 e. The number of carbonyl (C=O) groups is 2. The third-order valence-corrected chi connectivity index (χ3v) is 5.99. The lowest BCUT2D eigenvalue weighted by Crippen LogP contribution is -2.57. The summed E-state index contributed by atoms with van der Waals surface area (Å²) in [6, 6.07) is 0.0809. The van der Waals surface area contributed by atoms with Crippen LogP contribution in [0.15, 0.2) is 0 Å². The average molecular weight is 321 g/mol. The molecule has 2 amide bonds. The zero-order valence-corrected chi connectivity index (χ0v) is 14.2. The Kier molecular flexibility index (Phi) is 5.24. The molecule has 0 bridgehead atoms. The van der Waals surface area contributed by atoms with Crippen LogP contribution in [0.5, 0.6) is 0 Å². The van der Waals surface area contributed by atoms with Gasteiger partial charge in [-0.2, -0.15) is 0 Å². The van der Waals surface area contributed by atoms with Crippen molar-refractivity contribution < 1.29 is 9.59 Å². The fourth-order valence-corrected chi connectivity index (χ4v) is 4.42. The van der Waals surface area contributed by atoms with Crippen molar-refractivity contribution >= 4 is 11.8 Å². The molecule has 2 aliphatic carbocycles. The van der Waals surface area contributed by atoms with Gasteiger partial charge in [-0.1, -0.05) is 38.5 Å². The Bertz CT molecular complexity index is 440. The molecule has 2 saturated carbocycles. The van der Waals surface area contributed by atoms with Crippen LogP contribution < -0.4 is 11.1 Å². The van der Waals surface area contributed by atoms with Gasteiger partial charge in [0.05, 0.1) is 5.54 Å². The lowest BCUT2D eigenvalue weighted by atomic mass is 9.81. The summed E-state index contributed by atoms with van der Waals surface area (Å²) in [5, 5.41) is 3.12. The second-order valence-electron chi connectivity index (χ2n) is 7.80. The molecular formula is C18H31N3O2. The Hall–Kier alpha value is -1.10. The third-order valence-electron chi connectivity index (χ3n) is 5.99. The van der Waals surface area contributed by atoms with Crippen LogP contribution in [0.2, 0.25) is 0 Å². The van der Waals surface area contributed by atoms with Gasteiger partial charge in [0.25, 0.3) is 0 Å². The first kappa shape index (κ1) is 16.7. The molecule has 5 nitrogen and oxygen atoms in total. The number of nitrogens with one attached hydrogen (secondary N) is 1. The van der Waals surface area contributed by atoms with Gasteiger partial charge in [-0.3, -0.25) is 9.59 Å². The topological polar surface area (TPSA) is 75.4 Å². The summed E-state index contributed by atoms with van der Waals surface area (Å²) in [6.07, 6.45) is 11.4. The van der Waals surface area contributed by atoms with Crippen molar-refractivity contribution in [3.63, 3.8) is 0 Å². The van der Waals surface area contributed by atoms with Gasteiger partial charge in [0.1, 0.15) is 0 Å². The SMILES string of the molecule is NC1(C(=O)NC2CCN(C(=O)C3CCCCC3)C2)CCCCC1. The summed E-state index contributed by atoms with van der Waals surface area (Å²) in [5.74, 6) is 0.521. The van der Waals surface area contributed by atoms with Crippen molar-refractivity contribution in [2.45, 2.75) is 82.2 Å². The van der Waals surface area contributed by atoms with Gasteiger partial charge >= 0.3 is 0 Å². The molecule has 0 aromatic heterocycles. The first-order valence-electron chi connectivity index (χ1n) is 9.47. The van der Waals surface area contributed by atoms with Crippen molar-refractivity contribution in [1.29, 1.82) is 0 Å². The first-order chi connectivity index (χ1) is 11.1. The fraction of sp³-hybridized carbons (Fsp3) is 0.889. The molecule has 3 N–H and O–H groups in total. The number of amides is 2. The Labute approximate surface area is 139 Å². The largest absolute Gasteiger partial charge is 0.350 e. The molecule has 3 rings (SSSR count). The second-order valence-corrected chi connectivity index (χ2v) is 7.80. The van der Waals surface area contributed by atoms with Crippen LogP contribution in [0.3, 0.4) is 0 Å². The highest BCUT2D eigenvalue weighted by atomic mass is 16.2. The predicted octanol–water partition coefficient (Wildman–Crippen LogP) is 1.95. The van der Waals surface area contributed by atoms with Crippen molar-refractivity contribution in [1.82, 2.24) is 10.2 Å². The molecule has 3 aliphatic rings. The van der Waals surface area contributed by atoms with E-state index in [0.717, 1.165) is 51.5 Å². The van der Waals surface area contributed by atoms with E-state index in [0.29, 0.717) is 12.5 Å². The van der Waals surface area contributed by atoms with E-state index in [1.165, 1.54) is 25.7 Å². The summed E-state index contributed by atoms with van der Waals surface area (Å²) in [6.45, 7) is 1.44. The molecule has 3 fully saturated rings. The lowest BCUT2D eigenvalue weighted by molar-refractivity contribution is -0.136. The van der Waals surface area contributed by atoms with Crippen LogP contribution in [0.1, 0.15) is 70.6 Å². The Morgan fingerprint density at radius 2 is 1.61 bits per heavy atom. The number of nitrogens with two attached hydrogens (primary N) is 1. The summed E-state index contributed by atoms with van der Waals surface area (Å²) >= 11 is 0. The zero-order chi connectivity index (χ0) is 16.3. The van der Waals surface area contributed by atoms with Gasteiger partial charge in [-0.05, 0) is 32.1 Å². The van der Waals surface area contributed by atoms with Crippen LogP contribution >= 0.6 is 0 Å². The molecule has 0 radical (unpaired) electrons. The fourth-order valence-electron chi connectivity index (χ4n) is 4.42. The lowest BCUT2D eigenvalue weighted by Gasteiger charge is -2.33. The van der Waals surface area contributed by atoms with Crippen molar-refractivity contribution in [3.05, 3.63) is 0 Å². The number of likely N-dealkylation sites (tertiary alicyclic amines) is 1. The molecular weight excluding hydrogens is 290 g/mol. The van der Waals surface area contributed by atoms with E-state index in [9.17, 15) is 9.59 Å². The Balaban J connectivity index is 1.49.